The van der Waals surface area contributed by atoms with Crippen LogP contribution in [0.15, 0.2) is 65.7 Å². The van der Waals surface area contributed by atoms with Crippen LogP contribution in [0.1, 0.15) is 26.4 Å². The number of nitrogens with zero attached hydrogens (tertiary/aromatic N) is 1. The molecule has 11 heteroatoms. The minimum Gasteiger partial charge on any atom is -0.280 e. The van der Waals surface area contributed by atoms with Crippen molar-refractivity contribution in [2.24, 2.45) is 0 Å². The Kier molecular flexibility index (Phi) is 6.79. The Morgan fingerprint density at radius 3 is 2.32 bits per heavy atom. The number of hydrogen-bond donors (Lipinski definition) is 3. The lowest BCUT2D eigenvalue weighted by Gasteiger charge is -2.13. The van der Waals surface area contributed by atoms with Crippen molar-refractivity contribution < 1.29 is 18.0 Å². The molecule has 0 aliphatic carbocycles. The highest BCUT2D eigenvalue weighted by atomic mass is 35.5. The van der Waals surface area contributed by atoms with Gasteiger partial charge in [-0.15, -0.1) is 0 Å². The Morgan fingerprint density at radius 1 is 0.903 bits per heavy atom. The summed E-state index contributed by atoms with van der Waals surface area (Å²) in [5.41, 5.74) is 5.43. The van der Waals surface area contributed by atoms with Gasteiger partial charge in [0, 0.05) is 11.9 Å². The average molecular weight is 479 g/mol. The van der Waals surface area contributed by atoms with E-state index in [1.165, 1.54) is 12.3 Å². The lowest BCUT2D eigenvalue weighted by molar-refractivity contribution is 0.0844. The molecule has 0 unspecified atom stereocenters. The average Bonchev–Trinajstić information content (AvgIpc) is 2.72. The monoisotopic (exact) mass is 478 g/mol. The molecule has 0 spiro atoms. The number of pyridine rings is 1. The van der Waals surface area contributed by atoms with Crippen LogP contribution in [0, 0.1) is 6.92 Å². The molecule has 3 N–H and O–H groups in total. The molecule has 3 rings (SSSR count). The van der Waals surface area contributed by atoms with E-state index < -0.39 is 21.8 Å². The number of anilines is 1. The number of carbonyl (C=O) groups is 2. The van der Waals surface area contributed by atoms with Crippen molar-refractivity contribution >= 4 is 50.7 Å². The Labute approximate surface area is 188 Å². The van der Waals surface area contributed by atoms with Crippen LogP contribution in [0.3, 0.4) is 0 Å². The number of sulfonamides is 1. The number of hydrogen-bond acceptors (Lipinski definition) is 5. The van der Waals surface area contributed by atoms with Crippen LogP contribution in [0.4, 0.5) is 5.69 Å². The third-order valence-electron chi connectivity index (χ3n) is 4.01. The van der Waals surface area contributed by atoms with Gasteiger partial charge in [0.1, 0.15) is 10.6 Å². The first-order chi connectivity index (χ1) is 14.7. The second kappa shape index (κ2) is 9.34. The second-order valence-electron chi connectivity index (χ2n) is 6.36. The minimum atomic E-state index is -4.13. The number of aromatic nitrogens is 1. The smallest absolute Gasteiger partial charge is 0.280 e. The third kappa shape index (κ3) is 5.52. The van der Waals surface area contributed by atoms with Gasteiger partial charge in [-0.1, -0.05) is 41.4 Å². The summed E-state index contributed by atoms with van der Waals surface area (Å²) in [6, 6.07) is 13.6. The molecule has 0 saturated carbocycles. The molecule has 2 aromatic carbocycles. The molecular formula is C20H16Cl2N4O4S. The van der Waals surface area contributed by atoms with Gasteiger partial charge in [0.05, 0.1) is 15.6 Å². The predicted octanol–water partition coefficient (Wildman–Crippen LogP) is 3.57. The standard InChI is InChI=1S/C20H16Cl2N4O4S/c1-12-5-4-6-13(9-12)26-31(29,30)18-10-14(15(21)11-16(18)22)19(27)24-25-20(28)17-7-2-3-8-23-17/h2-11,26H,1H3,(H,24,27)(H,25,28). The highest BCUT2D eigenvalue weighted by Crippen LogP contribution is 2.30. The summed E-state index contributed by atoms with van der Waals surface area (Å²) in [6.07, 6.45) is 1.42. The number of hydrazine groups is 1. The number of aryl methyl sites for hydroxylation is 1. The van der Waals surface area contributed by atoms with Crippen molar-refractivity contribution in [1.82, 2.24) is 15.8 Å². The van der Waals surface area contributed by atoms with Gasteiger partial charge in [0.2, 0.25) is 0 Å². The summed E-state index contributed by atoms with van der Waals surface area (Å²) in [5, 5.41) is -0.261. The van der Waals surface area contributed by atoms with E-state index >= 15 is 0 Å². The summed E-state index contributed by atoms with van der Waals surface area (Å²) in [6.45, 7) is 1.81. The normalized spacial score (nSPS) is 10.9. The van der Waals surface area contributed by atoms with Crippen molar-refractivity contribution in [3.8, 4) is 0 Å². The second-order valence-corrected chi connectivity index (χ2v) is 8.83. The molecule has 0 fully saturated rings. The maximum atomic E-state index is 12.8. The Balaban J connectivity index is 1.83. The van der Waals surface area contributed by atoms with Crippen LogP contribution in [-0.2, 0) is 10.0 Å². The lowest BCUT2D eigenvalue weighted by Crippen LogP contribution is -2.42. The van der Waals surface area contributed by atoms with Crippen molar-refractivity contribution in [1.29, 1.82) is 0 Å². The first-order valence-electron chi connectivity index (χ1n) is 8.77. The largest absolute Gasteiger partial charge is 0.288 e. The number of halogens is 2. The number of nitrogens with one attached hydrogen (secondary N) is 3. The van der Waals surface area contributed by atoms with Crippen LogP contribution >= 0.6 is 23.2 Å². The molecule has 1 heterocycles. The third-order valence-corrected chi connectivity index (χ3v) is 6.17. The van der Waals surface area contributed by atoms with Crippen LogP contribution in [0.25, 0.3) is 0 Å². The molecule has 160 valence electrons. The van der Waals surface area contributed by atoms with Gasteiger partial charge in [0.25, 0.3) is 21.8 Å². The maximum Gasteiger partial charge on any atom is 0.288 e. The summed E-state index contributed by atoms with van der Waals surface area (Å²) in [4.78, 5) is 28.0. The highest BCUT2D eigenvalue weighted by molar-refractivity contribution is 7.92. The zero-order valence-electron chi connectivity index (χ0n) is 16.0. The molecule has 31 heavy (non-hydrogen) atoms. The van der Waals surface area contributed by atoms with Crippen LogP contribution in [0.2, 0.25) is 10.0 Å². The van der Waals surface area contributed by atoms with Crippen LogP contribution in [-0.4, -0.2) is 25.2 Å². The van der Waals surface area contributed by atoms with Gasteiger partial charge in [0.15, 0.2) is 0 Å². The Morgan fingerprint density at radius 2 is 1.65 bits per heavy atom. The van der Waals surface area contributed by atoms with E-state index in [1.807, 2.05) is 13.0 Å². The molecule has 0 radical (unpaired) electrons. The zero-order valence-corrected chi connectivity index (χ0v) is 18.3. The molecule has 0 bridgehead atoms. The quantitative estimate of drug-likeness (QED) is 0.484. The van der Waals surface area contributed by atoms with Gasteiger partial charge in [-0.05, 0) is 48.9 Å². The topological polar surface area (TPSA) is 117 Å². The SMILES string of the molecule is Cc1cccc(NS(=O)(=O)c2cc(C(=O)NNC(=O)c3ccccn3)c(Cl)cc2Cl)c1. The van der Waals surface area contributed by atoms with E-state index in [4.69, 9.17) is 23.2 Å². The van der Waals surface area contributed by atoms with E-state index in [-0.39, 0.29) is 26.2 Å². The molecular weight excluding hydrogens is 463 g/mol. The van der Waals surface area contributed by atoms with Crippen LogP contribution < -0.4 is 15.6 Å². The van der Waals surface area contributed by atoms with E-state index in [0.717, 1.165) is 17.7 Å². The van der Waals surface area contributed by atoms with E-state index in [2.05, 4.69) is 20.6 Å². The predicted molar refractivity (Wildman–Crippen MR) is 118 cm³/mol. The minimum absolute atomic E-state index is 0.0793. The van der Waals surface area contributed by atoms with Crippen LogP contribution in [0.5, 0.6) is 0 Å². The molecule has 0 aliphatic rings. The lowest BCUT2D eigenvalue weighted by atomic mass is 10.2. The zero-order chi connectivity index (χ0) is 22.6. The molecule has 3 aromatic rings. The van der Waals surface area contributed by atoms with Crippen molar-refractivity contribution in [2.75, 3.05) is 4.72 Å². The summed E-state index contributed by atoms with van der Waals surface area (Å²) >= 11 is 12.2. The van der Waals surface area contributed by atoms with Gasteiger partial charge < -0.3 is 0 Å². The van der Waals surface area contributed by atoms with Crippen molar-refractivity contribution in [3.63, 3.8) is 0 Å². The molecule has 8 nitrogen and oxygen atoms in total. The Bertz CT molecular complexity index is 1250. The summed E-state index contributed by atoms with van der Waals surface area (Å²) in [5.74, 6) is -1.49. The molecule has 0 aliphatic heterocycles. The van der Waals surface area contributed by atoms with Gasteiger partial charge in [-0.2, -0.15) is 0 Å². The van der Waals surface area contributed by atoms with E-state index in [9.17, 15) is 18.0 Å². The van der Waals surface area contributed by atoms with Gasteiger partial charge in [-0.3, -0.25) is 30.1 Å². The first-order valence-corrected chi connectivity index (χ1v) is 11.0. The molecule has 0 atom stereocenters. The fourth-order valence-electron chi connectivity index (χ4n) is 2.57. The Hall–Kier alpha value is -3.14. The van der Waals surface area contributed by atoms with Gasteiger partial charge >= 0.3 is 0 Å². The van der Waals surface area contributed by atoms with Gasteiger partial charge in [-0.25, -0.2) is 8.42 Å². The van der Waals surface area contributed by atoms with Crippen molar-refractivity contribution in [3.05, 3.63) is 87.7 Å². The van der Waals surface area contributed by atoms with E-state index in [0.29, 0.717) is 5.69 Å². The number of rotatable bonds is 5. The molecule has 0 saturated heterocycles. The first kappa shape index (κ1) is 22.5. The summed E-state index contributed by atoms with van der Waals surface area (Å²) < 4.78 is 28.1. The number of carbonyl (C=O) groups excluding carboxylic acids is 2. The fourth-order valence-corrected chi connectivity index (χ4v) is 4.48. The number of amides is 2. The maximum absolute atomic E-state index is 12.8. The van der Waals surface area contributed by atoms with E-state index in [1.54, 1.807) is 30.3 Å². The molecule has 2 amide bonds. The highest BCUT2D eigenvalue weighted by Gasteiger charge is 2.23. The summed E-state index contributed by atoms with van der Waals surface area (Å²) in [7, 11) is -4.13. The number of benzene rings is 2. The molecule has 1 aromatic heterocycles. The van der Waals surface area contributed by atoms with Crippen molar-refractivity contribution in [2.45, 2.75) is 11.8 Å². The fraction of sp³-hybridized carbons (Fsp3) is 0.0500.